The fourth-order valence-electron chi connectivity index (χ4n) is 1.43. The van der Waals surface area contributed by atoms with Gasteiger partial charge in [-0.25, -0.2) is 4.79 Å². The second kappa shape index (κ2) is 8.54. The molecule has 0 spiro atoms. The summed E-state index contributed by atoms with van der Waals surface area (Å²) in [6, 6.07) is 7.11. The smallest absolute Gasteiger partial charge is 0.314 e. The van der Waals surface area contributed by atoms with Crippen molar-refractivity contribution in [2.24, 2.45) is 27.4 Å². The quantitative estimate of drug-likeness (QED) is 0.272. The van der Waals surface area contributed by atoms with E-state index >= 15 is 0 Å². The van der Waals surface area contributed by atoms with Crippen molar-refractivity contribution in [3.63, 3.8) is 0 Å². The van der Waals surface area contributed by atoms with E-state index in [9.17, 15) is 4.79 Å². The molecule has 1 aromatic carbocycles. The molecule has 21 heavy (non-hydrogen) atoms. The Bertz CT molecular complexity index is 522. The molecule has 114 valence electrons. The summed E-state index contributed by atoms with van der Waals surface area (Å²) in [5.74, 6) is 0.550. The topological polar surface area (TPSA) is 144 Å². The van der Waals surface area contributed by atoms with Crippen molar-refractivity contribution in [3.05, 3.63) is 35.4 Å². The first-order valence-electron chi connectivity index (χ1n) is 6.47. The van der Waals surface area contributed by atoms with E-state index in [1.54, 1.807) is 0 Å². The van der Waals surface area contributed by atoms with Crippen LogP contribution in [0, 0.1) is 0 Å². The Balaban J connectivity index is 2.55. The van der Waals surface area contributed by atoms with Gasteiger partial charge in [0.05, 0.1) is 0 Å². The highest BCUT2D eigenvalue weighted by atomic mass is 16.2. The van der Waals surface area contributed by atoms with Crippen LogP contribution in [0.1, 0.15) is 17.5 Å². The van der Waals surface area contributed by atoms with Gasteiger partial charge in [0, 0.05) is 32.1 Å². The average Bonchev–Trinajstić information content (AvgIpc) is 2.52. The van der Waals surface area contributed by atoms with Crippen LogP contribution >= 0.6 is 0 Å². The maximum absolute atomic E-state index is 10.9. The van der Waals surface area contributed by atoms with Crippen LogP contribution in [0.2, 0.25) is 0 Å². The maximum Gasteiger partial charge on any atom is 0.314 e. The Labute approximate surface area is 123 Å². The third-order valence-corrected chi connectivity index (χ3v) is 2.67. The Morgan fingerprint density at radius 1 is 1.19 bits per heavy atom. The van der Waals surface area contributed by atoms with Gasteiger partial charge in [-0.3, -0.25) is 0 Å². The van der Waals surface area contributed by atoms with Crippen LogP contribution in [0.4, 0.5) is 4.79 Å². The number of nitrogens with two attached hydrogens (primary N) is 3. The SMILES string of the molecule is CNC(=O)NCC/C(N)=N/N=C(\N)c1ccc(CN)cc1. The molecular weight excluding hydrogens is 270 g/mol. The lowest BCUT2D eigenvalue weighted by atomic mass is 10.1. The number of hydrogen-bond acceptors (Lipinski definition) is 4. The minimum Gasteiger partial charge on any atom is -0.386 e. The predicted molar refractivity (Wildman–Crippen MR) is 83.8 cm³/mol. The molecule has 0 bridgehead atoms. The highest BCUT2D eigenvalue weighted by Crippen LogP contribution is 2.03. The Kier molecular flexibility index (Phi) is 6.69. The monoisotopic (exact) mass is 291 g/mol. The largest absolute Gasteiger partial charge is 0.386 e. The third-order valence-electron chi connectivity index (χ3n) is 2.67. The van der Waals surface area contributed by atoms with E-state index in [4.69, 9.17) is 17.2 Å². The normalized spacial score (nSPS) is 12.1. The molecule has 0 aromatic heterocycles. The van der Waals surface area contributed by atoms with Gasteiger partial charge in [0.2, 0.25) is 0 Å². The van der Waals surface area contributed by atoms with Gasteiger partial charge in [0.1, 0.15) is 5.84 Å². The van der Waals surface area contributed by atoms with Gasteiger partial charge in [-0.05, 0) is 5.56 Å². The standard InChI is InChI=1S/C13H21N7O/c1-17-13(21)18-7-6-11(15)19-20-12(16)10-4-2-9(8-14)3-5-10/h2-5H,6-8,14H2,1H3,(H2,15,19)(H2,16,20)(H2,17,18,21). The molecule has 8 heteroatoms. The lowest BCUT2D eigenvalue weighted by Gasteiger charge is -2.03. The number of amides is 2. The number of hydrogen-bond donors (Lipinski definition) is 5. The van der Waals surface area contributed by atoms with Crippen molar-refractivity contribution in [2.75, 3.05) is 13.6 Å². The lowest BCUT2D eigenvalue weighted by molar-refractivity contribution is 0.243. The number of carbonyl (C=O) groups excluding carboxylic acids is 1. The summed E-state index contributed by atoms with van der Waals surface area (Å²) < 4.78 is 0. The van der Waals surface area contributed by atoms with Gasteiger partial charge in [-0.2, -0.15) is 0 Å². The maximum atomic E-state index is 10.9. The van der Waals surface area contributed by atoms with Crippen LogP contribution in [0.25, 0.3) is 0 Å². The lowest BCUT2D eigenvalue weighted by Crippen LogP contribution is -2.34. The van der Waals surface area contributed by atoms with Crippen molar-refractivity contribution in [1.82, 2.24) is 10.6 Å². The first-order chi connectivity index (χ1) is 10.1. The number of nitrogens with one attached hydrogen (secondary N) is 2. The molecule has 2 amide bonds. The number of nitrogens with zero attached hydrogens (tertiary/aromatic N) is 2. The fourth-order valence-corrected chi connectivity index (χ4v) is 1.43. The Hall–Kier alpha value is -2.61. The summed E-state index contributed by atoms with van der Waals surface area (Å²) in [6.45, 7) is 0.844. The van der Waals surface area contributed by atoms with Crippen molar-refractivity contribution in [2.45, 2.75) is 13.0 Å². The van der Waals surface area contributed by atoms with Crippen molar-refractivity contribution < 1.29 is 4.79 Å². The summed E-state index contributed by atoms with van der Waals surface area (Å²) in [5.41, 5.74) is 18.8. The van der Waals surface area contributed by atoms with Crippen LogP contribution in [-0.4, -0.2) is 31.3 Å². The van der Waals surface area contributed by atoms with E-state index in [1.165, 1.54) is 7.05 Å². The van der Waals surface area contributed by atoms with Gasteiger partial charge < -0.3 is 27.8 Å². The first-order valence-corrected chi connectivity index (χ1v) is 6.47. The molecule has 0 aliphatic heterocycles. The van der Waals surface area contributed by atoms with Crippen molar-refractivity contribution in [3.8, 4) is 0 Å². The Morgan fingerprint density at radius 3 is 2.43 bits per heavy atom. The van der Waals surface area contributed by atoms with Gasteiger partial charge in [-0.1, -0.05) is 24.3 Å². The van der Waals surface area contributed by atoms with Crippen LogP contribution in [0.15, 0.2) is 34.5 Å². The molecule has 0 unspecified atom stereocenters. The molecular formula is C13H21N7O. The molecule has 1 rings (SSSR count). The van der Waals surface area contributed by atoms with Crippen LogP contribution in [-0.2, 0) is 6.54 Å². The van der Waals surface area contributed by atoms with E-state index in [2.05, 4.69) is 20.8 Å². The van der Waals surface area contributed by atoms with Gasteiger partial charge in [0.25, 0.3) is 0 Å². The second-order valence-corrected chi connectivity index (χ2v) is 4.23. The first kappa shape index (κ1) is 16.4. The molecule has 8 nitrogen and oxygen atoms in total. The molecule has 0 saturated heterocycles. The molecule has 0 fully saturated rings. The van der Waals surface area contributed by atoms with Gasteiger partial charge >= 0.3 is 6.03 Å². The van der Waals surface area contributed by atoms with Crippen LogP contribution in [0.3, 0.4) is 0 Å². The van der Waals surface area contributed by atoms with Crippen molar-refractivity contribution in [1.29, 1.82) is 0 Å². The minimum absolute atomic E-state index is 0.265. The number of benzene rings is 1. The summed E-state index contributed by atoms with van der Waals surface area (Å²) >= 11 is 0. The number of amidine groups is 2. The molecule has 0 aliphatic carbocycles. The van der Waals surface area contributed by atoms with E-state index in [0.717, 1.165) is 11.1 Å². The van der Waals surface area contributed by atoms with Crippen LogP contribution < -0.4 is 27.8 Å². The predicted octanol–water partition coefficient (Wildman–Crippen LogP) is -0.558. The van der Waals surface area contributed by atoms with E-state index in [0.29, 0.717) is 19.5 Å². The summed E-state index contributed by atoms with van der Waals surface area (Å²) in [6.07, 6.45) is 0.385. The second-order valence-electron chi connectivity index (χ2n) is 4.23. The summed E-state index contributed by atoms with van der Waals surface area (Å²) in [7, 11) is 1.54. The zero-order chi connectivity index (χ0) is 15.7. The molecule has 0 heterocycles. The molecule has 1 aromatic rings. The van der Waals surface area contributed by atoms with Gasteiger partial charge in [0.15, 0.2) is 5.84 Å². The minimum atomic E-state index is -0.272. The van der Waals surface area contributed by atoms with Gasteiger partial charge in [-0.15, -0.1) is 10.2 Å². The third kappa shape index (κ3) is 5.91. The number of rotatable bonds is 6. The molecule has 0 atom stereocenters. The molecule has 8 N–H and O–H groups in total. The van der Waals surface area contributed by atoms with Crippen molar-refractivity contribution >= 4 is 17.7 Å². The van der Waals surface area contributed by atoms with E-state index < -0.39 is 0 Å². The summed E-state index contributed by atoms with van der Waals surface area (Å²) in [5, 5.41) is 12.7. The zero-order valence-corrected chi connectivity index (χ0v) is 12.0. The average molecular weight is 291 g/mol. The van der Waals surface area contributed by atoms with E-state index in [-0.39, 0.29) is 17.7 Å². The number of urea groups is 1. The molecule has 0 aliphatic rings. The Morgan fingerprint density at radius 2 is 1.86 bits per heavy atom. The fraction of sp³-hybridized carbons (Fsp3) is 0.308. The van der Waals surface area contributed by atoms with E-state index in [1.807, 2.05) is 24.3 Å². The molecule has 0 saturated carbocycles. The zero-order valence-electron chi connectivity index (χ0n) is 12.0. The molecule has 0 radical (unpaired) electrons. The number of carbonyl (C=O) groups is 1. The highest BCUT2D eigenvalue weighted by Gasteiger charge is 2.00. The van der Waals surface area contributed by atoms with Crippen LogP contribution in [0.5, 0.6) is 0 Å². The summed E-state index contributed by atoms with van der Waals surface area (Å²) in [4.78, 5) is 10.9. The highest BCUT2D eigenvalue weighted by molar-refractivity contribution is 5.97.